The molecule has 190 valence electrons. The van der Waals surface area contributed by atoms with Gasteiger partial charge in [0.2, 0.25) is 0 Å². The standard InChI is InChI=1S/C29H35N3O3S/c1-19-9-15-22(16-10-19)35-17-26-30-25(18-36-26)28(34)32-24-8-6-5-7-23(24)31-27(33)20-11-13-21(14-12-20)29(2,3)4/h9-16,18,23-24H,5-8,17H2,1-4H3,(H,31,33)(H,32,34)/t23-,24-/m0/s1. The van der Waals surface area contributed by atoms with Crippen LogP contribution >= 0.6 is 11.3 Å². The number of nitrogens with zero attached hydrogens (tertiary/aromatic N) is 1. The van der Waals surface area contributed by atoms with Gasteiger partial charge in [0.15, 0.2) is 0 Å². The van der Waals surface area contributed by atoms with Gasteiger partial charge in [-0.15, -0.1) is 11.3 Å². The summed E-state index contributed by atoms with van der Waals surface area (Å²) >= 11 is 1.41. The highest BCUT2D eigenvalue weighted by Crippen LogP contribution is 2.23. The summed E-state index contributed by atoms with van der Waals surface area (Å²) in [4.78, 5) is 30.4. The van der Waals surface area contributed by atoms with Crippen molar-refractivity contribution >= 4 is 23.2 Å². The van der Waals surface area contributed by atoms with E-state index in [4.69, 9.17) is 4.74 Å². The molecule has 2 aromatic carbocycles. The third-order valence-electron chi connectivity index (χ3n) is 6.58. The van der Waals surface area contributed by atoms with Gasteiger partial charge in [0, 0.05) is 23.0 Å². The Morgan fingerprint density at radius 2 is 1.56 bits per heavy atom. The summed E-state index contributed by atoms with van der Waals surface area (Å²) in [5, 5.41) is 8.77. The minimum Gasteiger partial charge on any atom is -0.486 e. The summed E-state index contributed by atoms with van der Waals surface area (Å²) in [5.74, 6) is 0.454. The highest BCUT2D eigenvalue weighted by atomic mass is 32.1. The molecule has 1 aliphatic carbocycles. The van der Waals surface area contributed by atoms with E-state index in [-0.39, 0.29) is 29.3 Å². The quantitative estimate of drug-likeness (QED) is 0.425. The van der Waals surface area contributed by atoms with Gasteiger partial charge in [-0.3, -0.25) is 9.59 Å². The van der Waals surface area contributed by atoms with Crippen LogP contribution in [0.15, 0.2) is 53.9 Å². The van der Waals surface area contributed by atoms with Crippen LogP contribution in [0.4, 0.5) is 0 Å². The van der Waals surface area contributed by atoms with Crippen molar-refractivity contribution in [3.63, 3.8) is 0 Å². The SMILES string of the molecule is Cc1ccc(OCc2nc(C(=O)N[C@H]3CCCC[C@@H]3NC(=O)c3ccc(C(C)(C)C)cc3)cs2)cc1. The fraction of sp³-hybridized carbons (Fsp3) is 0.414. The number of benzene rings is 2. The number of hydrogen-bond acceptors (Lipinski definition) is 5. The van der Waals surface area contributed by atoms with Gasteiger partial charge in [0.05, 0.1) is 0 Å². The Morgan fingerprint density at radius 1 is 0.944 bits per heavy atom. The van der Waals surface area contributed by atoms with Crippen molar-refractivity contribution in [2.45, 2.75) is 77.5 Å². The molecule has 1 aliphatic rings. The zero-order chi connectivity index (χ0) is 25.7. The summed E-state index contributed by atoms with van der Waals surface area (Å²) in [5.41, 5.74) is 3.42. The summed E-state index contributed by atoms with van der Waals surface area (Å²) in [6.45, 7) is 8.80. The molecule has 36 heavy (non-hydrogen) atoms. The Kier molecular flexibility index (Phi) is 8.09. The Bertz CT molecular complexity index is 1180. The molecule has 0 saturated heterocycles. The van der Waals surface area contributed by atoms with Crippen LogP contribution in [-0.2, 0) is 12.0 Å². The maximum atomic E-state index is 13.0. The van der Waals surface area contributed by atoms with Crippen molar-refractivity contribution < 1.29 is 14.3 Å². The second kappa shape index (κ2) is 11.2. The number of ether oxygens (including phenoxy) is 1. The van der Waals surface area contributed by atoms with Gasteiger partial charge in [0.25, 0.3) is 11.8 Å². The zero-order valence-corrected chi connectivity index (χ0v) is 22.3. The van der Waals surface area contributed by atoms with Crippen LogP contribution in [0.1, 0.15) is 83.4 Å². The molecule has 0 unspecified atom stereocenters. The van der Waals surface area contributed by atoms with Gasteiger partial charge < -0.3 is 15.4 Å². The minimum absolute atomic E-state index is 0.0378. The van der Waals surface area contributed by atoms with Gasteiger partial charge in [-0.05, 0) is 55.0 Å². The van der Waals surface area contributed by atoms with Crippen molar-refractivity contribution in [2.24, 2.45) is 0 Å². The Morgan fingerprint density at radius 3 is 2.17 bits per heavy atom. The van der Waals surface area contributed by atoms with Gasteiger partial charge in [-0.2, -0.15) is 0 Å². The minimum atomic E-state index is -0.214. The third kappa shape index (κ3) is 6.72. The number of carbonyl (C=O) groups is 2. The van der Waals surface area contributed by atoms with E-state index in [9.17, 15) is 9.59 Å². The normalized spacial score (nSPS) is 17.9. The molecule has 1 aromatic heterocycles. The summed E-state index contributed by atoms with van der Waals surface area (Å²) in [7, 11) is 0. The lowest BCUT2D eigenvalue weighted by molar-refractivity contribution is 0.0860. The smallest absolute Gasteiger partial charge is 0.271 e. The van der Waals surface area contributed by atoms with Crippen molar-refractivity contribution in [1.82, 2.24) is 15.6 Å². The molecule has 2 amide bonds. The van der Waals surface area contributed by atoms with E-state index in [1.54, 1.807) is 5.38 Å². The van der Waals surface area contributed by atoms with Crippen LogP contribution in [-0.4, -0.2) is 28.9 Å². The molecular formula is C29H35N3O3S. The predicted molar refractivity (Wildman–Crippen MR) is 144 cm³/mol. The van der Waals surface area contributed by atoms with Crippen molar-refractivity contribution in [3.8, 4) is 5.75 Å². The number of aryl methyl sites for hydroxylation is 1. The molecule has 6 nitrogen and oxygen atoms in total. The molecule has 7 heteroatoms. The van der Waals surface area contributed by atoms with E-state index in [0.29, 0.717) is 17.9 Å². The molecule has 0 radical (unpaired) electrons. The molecule has 0 spiro atoms. The Hall–Kier alpha value is -3.19. The first-order valence-electron chi connectivity index (χ1n) is 12.6. The average molecular weight is 506 g/mol. The molecule has 2 N–H and O–H groups in total. The van der Waals surface area contributed by atoms with E-state index in [1.165, 1.54) is 22.5 Å². The average Bonchev–Trinajstić information content (AvgIpc) is 3.34. The molecular weight excluding hydrogens is 470 g/mol. The van der Waals surface area contributed by atoms with Gasteiger partial charge in [-0.1, -0.05) is 63.4 Å². The summed E-state index contributed by atoms with van der Waals surface area (Å²) in [6, 6.07) is 15.4. The lowest BCUT2D eigenvalue weighted by Gasteiger charge is -2.32. The lowest BCUT2D eigenvalue weighted by atomic mass is 9.86. The molecule has 0 aliphatic heterocycles. The first kappa shape index (κ1) is 25.9. The number of thiazole rings is 1. The lowest BCUT2D eigenvalue weighted by Crippen LogP contribution is -2.53. The predicted octanol–water partition coefficient (Wildman–Crippen LogP) is 5.80. The van der Waals surface area contributed by atoms with Crippen LogP contribution in [0.3, 0.4) is 0 Å². The van der Waals surface area contributed by atoms with E-state index >= 15 is 0 Å². The highest BCUT2D eigenvalue weighted by molar-refractivity contribution is 7.09. The van der Waals surface area contributed by atoms with E-state index in [2.05, 4.69) is 36.4 Å². The van der Waals surface area contributed by atoms with Crippen LogP contribution < -0.4 is 15.4 Å². The maximum absolute atomic E-state index is 13.0. The molecule has 0 bridgehead atoms. The third-order valence-corrected chi connectivity index (χ3v) is 7.40. The topological polar surface area (TPSA) is 80.3 Å². The maximum Gasteiger partial charge on any atom is 0.271 e. The van der Waals surface area contributed by atoms with E-state index in [1.807, 2.05) is 55.5 Å². The number of nitrogens with one attached hydrogen (secondary N) is 2. The summed E-state index contributed by atoms with van der Waals surface area (Å²) in [6.07, 6.45) is 3.71. The fourth-order valence-corrected chi connectivity index (χ4v) is 5.04. The first-order chi connectivity index (χ1) is 17.2. The second-order valence-corrected chi connectivity index (χ2v) is 11.4. The molecule has 1 saturated carbocycles. The monoisotopic (exact) mass is 505 g/mol. The number of aromatic nitrogens is 1. The zero-order valence-electron chi connectivity index (χ0n) is 21.5. The largest absolute Gasteiger partial charge is 0.486 e. The second-order valence-electron chi connectivity index (χ2n) is 10.5. The molecule has 1 heterocycles. The number of amides is 2. The number of carbonyl (C=O) groups excluding carboxylic acids is 2. The van der Waals surface area contributed by atoms with E-state index < -0.39 is 0 Å². The highest BCUT2D eigenvalue weighted by Gasteiger charge is 2.29. The Balaban J connectivity index is 1.33. The van der Waals surface area contributed by atoms with Crippen molar-refractivity contribution in [1.29, 1.82) is 0 Å². The van der Waals surface area contributed by atoms with Crippen LogP contribution in [0.5, 0.6) is 5.75 Å². The van der Waals surface area contributed by atoms with Crippen molar-refractivity contribution in [3.05, 3.63) is 81.3 Å². The first-order valence-corrected chi connectivity index (χ1v) is 13.4. The van der Waals surface area contributed by atoms with Gasteiger partial charge >= 0.3 is 0 Å². The Labute approximate surface area is 217 Å². The molecule has 3 aromatic rings. The summed E-state index contributed by atoms with van der Waals surface area (Å²) < 4.78 is 5.79. The fourth-order valence-electron chi connectivity index (χ4n) is 4.35. The van der Waals surface area contributed by atoms with Crippen LogP contribution in [0.2, 0.25) is 0 Å². The molecule has 2 atom stereocenters. The van der Waals surface area contributed by atoms with Gasteiger partial charge in [-0.25, -0.2) is 4.98 Å². The van der Waals surface area contributed by atoms with Crippen LogP contribution in [0.25, 0.3) is 0 Å². The van der Waals surface area contributed by atoms with Crippen molar-refractivity contribution in [2.75, 3.05) is 0 Å². The molecule has 4 rings (SSSR count). The number of hydrogen-bond donors (Lipinski definition) is 2. The van der Waals surface area contributed by atoms with Gasteiger partial charge in [0.1, 0.15) is 23.1 Å². The molecule has 1 fully saturated rings. The number of rotatable bonds is 7. The van der Waals surface area contributed by atoms with Crippen LogP contribution in [0, 0.1) is 6.92 Å². The van der Waals surface area contributed by atoms with E-state index in [0.717, 1.165) is 36.4 Å².